The molecule has 1 aromatic rings. The predicted molar refractivity (Wildman–Crippen MR) is 76.0 cm³/mol. The Morgan fingerprint density at radius 3 is 2.67 bits per heavy atom. The Hall–Kier alpha value is -0.870. The van der Waals surface area contributed by atoms with Gasteiger partial charge in [0.05, 0.1) is 11.5 Å². The number of benzene rings is 1. The van der Waals surface area contributed by atoms with Crippen LogP contribution in [0.3, 0.4) is 0 Å². The molecule has 0 saturated heterocycles. The second-order valence-electron chi connectivity index (χ2n) is 5.05. The molecule has 1 atom stereocenters. The molecular weight excluding hydrogens is 292 g/mol. The van der Waals surface area contributed by atoms with Crippen molar-refractivity contribution in [1.29, 1.82) is 0 Å². The molecule has 0 radical (unpaired) electrons. The van der Waals surface area contributed by atoms with Gasteiger partial charge in [0.2, 0.25) is 5.91 Å². The maximum absolute atomic E-state index is 12.3. The first-order valence-electron chi connectivity index (χ1n) is 6.34. The van der Waals surface area contributed by atoms with E-state index in [0.717, 1.165) is 29.3 Å². The third-order valence-electron chi connectivity index (χ3n) is 3.90. The summed E-state index contributed by atoms with van der Waals surface area (Å²) in [5.74, 6) is 0.0968. The van der Waals surface area contributed by atoms with Gasteiger partial charge in [-0.3, -0.25) is 4.79 Å². The maximum atomic E-state index is 12.3. The number of halogens is 1. The first-order valence-corrected chi connectivity index (χ1v) is 7.14. The molecule has 98 valence electrons. The smallest absolute Gasteiger partial charge is 0.227 e. The lowest BCUT2D eigenvalue weighted by Crippen LogP contribution is -2.50. The lowest BCUT2D eigenvalue weighted by molar-refractivity contribution is -0.135. The number of rotatable bonds is 4. The number of nitrogens with two attached hydrogens (primary N) is 1. The number of amides is 1. The summed E-state index contributed by atoms with van der Waals surface area (Å²) in [6, 6.07) is 7.95. The molecule has 1 saturated carbocycles. The van der Waals surface area contributed by atoms with Gasteiger partial charge in [0, 0.05) is 11.0 Å². The fourth-order valence-corrected chi connectivity index (χ4v) is 3.01. The van der Waals surface area contributed by atoms with E-state index in [1.54, 1.807) is 0 Å². The van der Waals surface area contributed by atoms with Crippen LogP contribution in [0, 0.1) is 5.41 Å². The summed E-state index contributed by atoms with van der Waals surface area (Å²) in [6.07, 6.45) is 2.93. The number of hydrogen-bond donors (Lipinski definition) is 2. The summed E-state index contributed by atoms with van der Waals surface area (Å²) in [5, 5.41) is 3.08. The van der Waals surface area contributed by atoms with E-state index in [2.05, 4.69) is 21.2 Å². The molecule has 0 aromatic heterocycles. The third kappa shape index (κ3) is 2.45. The first-order chi connectivity index (χ1) is 8.59. The molecule has 0 aliphatic heterocycles. The summed E-state index contributed by atoms with van der Waals surface area (Å²) in [4.78, 5) is 12.3. The van der Waals surface area contributed by atoms with Crippen LogP contribution in [0.1, 0.15) is 37.8 Å². The van der Waals surface area contributed by atoms with E-state index in [1.807, 2.05) is 31.2 Å². The molecule has 3 nitrogen and oxygen atoms in total. The van der Waals surface area contributed by atoms with Gasteiger partial charge in [0.1, 0.15) is 0 Å². The second-order valence-corrected chi connectivity index (χ2v) is 5.91. The third-order valence-corrected chi connectivity index (χ3v) is 4.62. The Labute approximate surface area is 116 Å². The van der Waals surface area contributed by atoms with E-state index >= 15 is 0 Å². The van der Waals surface area contributed by atoms with Crippen LogP contribution in [0.2, 0.25) is 0 Å². The van der Waals surface area contributed by atoms with Crippen molar-refractivity contribution in [2.24, 2.45) is 11.1 Å². The van der Waals surface area contributed by atoms with Crippen LogP contribution in [0.15, 0.2) is 28.7 Å². The average Bonchev–Trinajstić information content (AvgIpc) is 2.28. The van der Waals surface area contributed by atoms with Gasteiger partial charge in [-0.05, 0) is 31.4 Å². The topological polar surface area (TPSA) is 55.1 Å². The van der Waals surface area contributed by atoms with Crippen LogP contribution < -0.4 is 11.1 Å². The number of nitrogens with one attached hydrogen (secondary N) is 1. The quantitative estimate of drug-likeness (QED) is 0.898. The Balaban J connectivity index is 2.06. The van der Waals surface area contributed by atoms with E-state index in [4.69, 9.17) is 5.73 Å². The molecule has 1 aliphatic rings. The van der Waals surface area contributed by atoms with Gasteiger partial charge in [-0.2, -0.15) is 0 Å². The number of carbonyl (C=O) groups is 1. The van der Waals surface area contributed by atoms with Crippen LogP contribution in [-0.2, 0) is 4.79 Å². The molecule has 1 aliphatic carbocycles. The fourth-order valence-electron chi connectivity index (χ4n) is 2.38. The average molecular weight is 311 g/mol. The highest BCUT2D eigenvalue weighted by Crippen LogP contribution is 2.40. The van der Waals surface area contributed by atoms with E-state index < -0.39 is 0 Å². The van der Waals surface area contributed by atoms with Crippen molar-refractivity contribution >= 4 is 21.8 Å². The molecule has 0 unspecified atom stereocenters. The van der Waals surface area contributed by atoms with Crippen molar-refractivity contribution in [2.75, 3.05) is 6.54 Å². The summed E-state index contributed by atoms with van der Waals surface area (Å²) < 4.78 is 1.02. The highest BCUT2D eigenvalue weighted by atomic mass is 79.9. The van der Waals surface area contributed by atoms with E-state index in [1.165, 1.54) is 0 Å². The summed E-state index contributed by atoms with van der Waals surface area (Å²) in [6.45, 7) is 2.45. The van der Waals surface area contributed by atoms with Crippen molar-refractivity contribution in [3.8, 4) is 0 Å². The van der Waals surface area contributed by atoms with Gasteiger partial charge in [0.25, 0.3) is 0 Å². The molecule has 4 heteroatoms. The Kier molecular flexibility index (Phi) is 4.07. The zero-order valence-corrected chi connectivity index (χ0v) is 12.2. The minimum atomic E-state index is -0.310. The first kappa shape index (κ1) is 13.6. The molecule has 2 rings (SSSR count). The van der Waals surface area contributed by atoms with Crippen LogP contribution in [0.5, 0.6) is 0 Å². The largest absolute Gasteiger partial charge is 0.349 e. The summed E-state index contributed by atoms with van der Waals surface area (Å²) in [5.41, 5.74) is 6.53. The molecular formula is C14H19BrN2O. The number of hydrogen-bond acceptors (Lipinski definition) is 2. The van der Waals surface area contributed by atoms with Crippen LogP contribution in [-0.4, -0.2) is 12.5 Å². The standard InChI is InChI=1S/C14H19BrN2O/c1-10(11-5-2-3-6-12(11)15)17-13(18)14(9-16)7-4-8-14/h2-3,5-6,10H,4,7-9,16H2,1H3,(H,17,18)/t10-/m1/s1. The van der Waals surface area contributed by atoms with E-state index in [-0.39, 0.29) is 17.4 Å². The molecule has 1 aromatic carbocycles. The second kappa shape index (κ2) is 5.41. The molecule has 0 bridgehead atoms. The van der Waals surface area contributed by atoms with Crippen LogP contribution >= 0.6 is 15.9 Å². The zero-order valence-electron chi connectivity index (χ0n) is 10.6. The molecule has 1 fully saturated rings. The fraction of sp³-hybridized carbons (Fsp3) is 0.500. The highest BCUT2D eigenvalue weighted by Gasteiger charge is 2.43. The van der Waals surface area contributed by atoms with Crippen molar-refractivity contribution in [2.45, 2.75) is 32.2 Å². The van der Waals surface area contributed by atoms with Gasteiger partial charge < -0.3 is 11.1 Å². The van der Waals surface area contributed by atoms with Crippen molar-refractivity contribution in [3.63, 3.8) is 0 Å². The molecule has 0 spiro atoms. The molecule has 0 heterocycles. The number of carbonyl (C=O) groups excluding carboxylic acids is 1. The van der Waals surface area contributed by atoms with Crippen molar-refractivity contribution in [1.82, 2.24) is 5.32 Å². The summed E-state index contributed by atoms with van der Waals surface area (Å²) >= 11 is 3.51. The lowest BCUT2D eigenvalue weighted by atomic mass is 9.68. The highest BCUT2D eigenvalue weighted by molar-refractivity contribution is 9.10. The van der Waals surface area contributed by atoms with Gasteiger partial charge in [-0.25, -0.2) is 0 Å². The van der Waals surface area contributed by atoms with Crippen LogP contribution in [0.25, 0.3) is 0 Å². The Morgan fingerprint density at radius 1 is 1.50 bits per heavy atom. The normalized spacial score (nSPS) is 18.8. The van der Waals surface area contributed by atoms with E-state index in [9.17, 15) is 4.79 Å². The SMILES string of the molecule is C[C@@H](NC(=O)C1(CN)CCC1)c1ccccc1Br. The van der Waals surface area contributed by atoms with Gasteiger partial charge in [-0.15, -0.1) is 0 Å². The van der Waals surface area contributed by atoms with Gasteiger partial charge in [-0.1, -0.05) is 40.5 Å². The molecule has 3 N–H and O–H groups in total. The van der Waals surface area contributed by atoms with Gasteiger partial charge >= 0.3 is 0 Å². The minimum absolute atomic E-state index is 0.00269. The van der Waals surface area contributed by atoms with E-state index in [0.29, 0.717) is 6.54 Å². The molecule has 1 amide bonds. The van der Waals surface area contributed by atoms with Crippen molar-refractivity contribution in [3.05, 3.63) is 34.3 Å². The zero-order chi connectivity index (χ0) is 13.2. The van der Waals surface area contributed by atoms with Gasteiger partial charge in [0.15, 0.2) is 0 Å². The van der Waals surface area contributed by atoms with Crippen molar-refractivity contribution < 1.29 is 4.79 Å². The minimum Gasteiger partial charge on any atom is -0.349 e. The monoisotopic (exact) mass is 310 g/mol. The maximum Gasteiger partial charge on any atom is 0.227 e. The Morgan fingerprint density at radius 2 is 2.17 bits per heavy atom. The van der Waals surface area contributed by atoms with Crippen LogP contribution in [0.4, 0.5) is 0 Å². The molecule has 18 heavy (non-hydrogen) atoms. The Bertz CT molecular complexity index is 438. The predicted octanol–water partition coefficient (Wildman–Crippen LogP) is 2.76. The lowest BCUT2D eigenvalue weighted by Gasteiger charge is -2.40. The summed E-state index contributed by atoms with van der Waals surface area (Å²) in [7, 11) is 0.